The SMILES string of the molecule is c1ccc2nc3c(nc2c1)C1=C2C1C23. The van der Waals surface area contributed by atoms with Gasteiger partial charge in [-0.2, -0.15) is 0 Å². The highest BCUT2D eigenvalue weighted by Gasteiger charge is 2.70. The second-order valence-electron chi connectivity index (χ2n) is 4.27. The monoisotopic (exact) mass is 178 g/mol. The van der Waals surface area contributed by atoms with Crippen molar-refractivity contribution in [3.05, 3.63) is 41.2 Å². The summed E-state index contributed by atoms with van der Waals surface area (Å²) < 4.78 is 0. The highest BCUT2D eigenvalue weighted by Crippen LogP contribution is 2.81. The fraction of sp³-hybridized carbons (Fsp3) is 0.167. The number of rotatable bonds is 0. The van der Waals surface area contributed by atoms with Gasteiger partial charge in [-0.15, -0.1) is 0 Å². The molecule has 0 aliphatic heterocycles. The molecule has 6 rings (SSSR count). The minimum absolute atomic E-state index is 0.692. The van der Waals surface area contributed by atoms with Crippen LogP contribution >= 0.6 is 0 Å². The van der Waals surface area contributed by atoms with E-state index in [0.717, 1.165) is 17.0 Å². The van der Waals surface area contributed by atoms with E-state index in [1.165, 1.54) is 17.0 Å². The van der Waals surface area contributed by atoms with E-state index in [1.807, 2.05) is 24.3 Å². The summed E-state index contributed by atoms with van der Waals surface area (Å²) in [5.41, 5.74) is 7.68. The fourth-order valence-corrected chi connectivity index (χ4v) is 2.78. The van der Waals surface area contributed by atoms with E-state index in [-0.39, 0.29) is 0 Å². The van der Waals surface area contributed by atoms with Gasteiger partial charge in [-0.05, 0) is 23.3 Å². The second-order valence-corrected chi connectivity index (χ2v) is 4.27. The van der Waals surface area contributed by atoms with Gasteiger partial charge in [0.15, 0.2) is 0 Å². The molecule has 1 heterocycles. The molecule has 2 aromatic rings. The minimum Gasteiger partial charge on any atom is -0.248 e. The van der Waals surface area contributed by atoms with Crippen LogP contribution in [0.4, 0.5) is 0 Å². The van der Waals surface area contributed by atoms with Crippen molar-refractivity contribution in [2.24, 2.45) is 5.92 Å². The van der Waals surface area contributed by atoms with E-state index >= 15 is 0 Å². The summed E-state index contributed by atoms with van der Waals surface area (Å²) in [6, 6.07) is 8.13. The van der Waals surface area contributed by atoms with E-state index in [4.69, 9.17) is 4.98 Å². The molecule has 0 spiro atoms. The molecule has 1 aromatic carbocycles. The normalized spacial score (nSPS) is 29.1. The zero-order chi connectivity index (χ0) is 8.86. The van der Waals surface area contributed by atoms with Crippen LogP contribution in [0.1, 0.15) is 17.3 Å². The molecule has 4 aliphatic carbocycles. The quantitative estimate of drug-likeness (QED) is 0.617. The molecule has 0 saturated heterocycles. The number of hydrogen-bond donors (Lipinski definition) is 0. The summed E-state index contributed by atoms with van der Waals surface area (Å²) in [5, 5.41) is 0. The lowest BCUT2D eigenvalue weighted by Crippen LogP contribution is -1.91. The Hall–Kier alpha value is -1.70. The zero-order valence-corrected chi connectivity index (χ0v) is 7.36. The van der Waals surface area contributed by atoms with Crippen LogP contribution in [0.2, 0.25) is 0 Å². The van der Waals surface area contributed by atoms with E-state index in [9.17, 15) is 0 Å². The Kier molecular flexibility index (Phi) is 0.632. The number of benzene rings is 1. The Morgan fingerprint density at radius 1 is 0.929 bits per heavy atom. The Labute approximate surface area is 80.3 Å². The summed E-state index contributed by atoms with van der Waals surface area (Å²) in [6.45, 7) is 0. The molecule has 0 amide bonds. The Balaban J connectivity index is 1.98. The molecule has 2 nitrogen and oxygen atoms in total. The van der Waals surface area contributed by atoms with Crippen LogP contribution in [0, 0.1) is 5.92 Å². The molecular formula is C12H6N2. The maximum Gasteiger partial charge on any atom is 0.0897 e. The zero-order valence-electron chi connectivity index (χ0n) is 7.36. The van der Waals surface area contributed by atoms with Crippen molar-refractivity contribution in [2.75, 3.05) is 0 Å². The molecule has 4 aliphatic rings. The van der Waals surface area contributed by atoms with E-state index in [2.05, 4.69) is 4.98 Å². The van der Waals surface area contributed by atoms with Gasteiger partial charge >= 0.3 is 0 Å². The van der Waals surface area contributed by atoms with Crippen LogP contribution in [-0.4, -0.2) is 9.97 Å². The first-order valence-electron chi connectivity index (χ1n) is 4.96. The molecule has 1 fully saturated rings. The van der Waals surface area contributed by atoms with Crippen LogP contribution in [0.3, 0.4) is 0 Å². The molecule has 14 heavy (non-hydrogen) atoms. The average molecular weight is 178 g/mol. The lowest BCUT2D eigenvalue weighted by atomic mass is 10.2. The first kappa shape index (κ1) is 5.91. The van der Waals surface area contributed by atoms with E-state index in [1.54, 1.807) is 5.57 Å². The number of nitrogens with zero attached hydrogens (tertiary/aromatic N) is 2. The lowest BCUT2D eigenvalue weighted by molar-refractivity contribution is 1.02. The largest absolute Gasteiger partial charge is 0.248 e. The van der Waals surface area contributed by atoms with Crippen molar-refractivity contribution in [3.63, 3.8) is 0 Å². The third-order valence-electron chi connectivity index (χ3n) is 3.58. The lowest BCUT2D eigenvalue weighted by Gasteiger charge is -1.99. The Bertz CT molecular complexity index is 654. The van der Waals surface area contributed by atoms with Gasteiger partial charge in [-0.25, -0.2) is 9.97 Å². The van der Waals surface area contributed by atoms with Gasteiger partial charge < -0.3 is 0 Å². The van der Waals surface area contributed by atoms with Crippen molar-refractivity contribution in [3.8, 4) is 0 Å². The molecule has 64 valence electrons. The number of aromatic nitrogens is 2. The summed E-state index contributed by atoms with van der Waals surface area (Å²) in [6.07, 6.45) is 0. The maximum atomic E-state index is 4.70. The van der Waals surface area contributed by atoms with Gasteiger partial charge in [0.05, 0.1) is 22.4 Å². The molecule has 1 saturated carbocycles. The summed E-state index contributed by atoms with van der Waals surface area (Å²) in [5.74, 6) is 1.49. The van der Waals surface area contributed by atoms with Gasteiger partial charge in [-0.3, -0.25) is 0 Å². The number of hydrogen-bond acceptors (Lipinski definition) is 2. The van der Waals surface area contributed by atoms with Crippen LogP contribution in [0.15, 0.2) is 29.8 Å². The predicted molar refractivity (Wildman–Crippen MR) is 52.7 cm³/mol. The fourth-order valence-electron chi connectivity index (χ4n) is 2.78. The van der Waals surface area contributed by atoms with Gasteiger partial charge in [0, 0.05) is 11.8 Å². The van der Waals surface area contributed by atoms with Crippen molar-refractivity contribution in [1.82, 2.24) is 9.97 Å². The van der Waals surface area contributed by atoms with Crippen molar-refractivity contribution in [1.29, 1.82) is 0 Å². The second kappa shape index (κ2) is 1.50. The first-order valence-corrected chi connectivity index (χ1v) is 4.96. The standard InChI is InChI=1S/C12H6N2/c1-2-4-6-5(3-1)13-11-9-7-8(9)10(7)12(11)14-6/h1-4,7,9H. The van der Waals surface area contributed by atoms with Gasteiger partial charge in [0.2, 0.25) is 0 Å². The van der Waals surface area contributed by atoms with Gasteiger partial charge in [-0.1, -0.05) is 12.1 Å². The number of para-hydroxylation sites is 2. The molecular weight excluding hydrogens is 172 g/mol. The van der Waals surface area contributed by atoms with Crippen LogP contribution in [0.25, 0.3) is 16.6 Å². The predicted octanol–water partition coefficient (Wildman–Crippen LogP) is 2.12. The molecule has 1 aromatic heterocycles. The molecule has 2 heteroatoms. The third kappa shape index (κ3) is 0.434. The van der Waals surface area contributed by atoms with Crippen molar-refractivity contribution >= 4 is 16.6 Å². The average Bonchev–Trinajstić information content (AvgIpc) is 3.05. The minimum atomic E-state index is 0.692. The Morgan fingerprint density at radius 3 is 2.43 bits per heavy atom. The Morgan fingerprint density at radius 2 is 1.64 bits per heavy atom. The molecule has 2 bridgehead atoms. The van der Waals surface area contributed by atoms with Crippen molar-refractivity contribution < 1.29 is 0 Å². The smallest absolute Gasteiger partial charge is 0.0897 e. The van der Waals surface area contributed by atoms with Gasteiger partial charge in [0.1, 0.15) is 0 Å². The highest BCUT2D eigenvalue weighted by molar-refractivity contribution is 6.05. The molecule has 0 N–H and O–H groups in total. The summed E-state index contributed by atoms with van der Waals surface area (Å²) in [4.78, 5) is 9.37. The molecule has 2 atom stereocenters. The first-order chi connectivity index (χ1) is 6.95. The van der Waals surface area contributed by atoms with Crippen LogP contribution < -0.4 is 0 Å². The van der Waals surface area contributed by atoms with E-state index in [0.29, 0.717) is 5.92 Å². The van der Waals surface area contributed by atoms with Gasteiger partial charge in [0.25, 0.3) is 0 Å². The number of fused-ring (bicyclic) bond motifs is 1. The molecule has 0 radical (unpaired) electrons. The third-order valence-corrected chi connectivity index (χ3v) is 3.58. The topological polar surface area (TPSA) is 25.8 Å². The van der Waals surface area contributed by atoms with E-state index < -0.39 is 0 Å². The highest BCUT2D eigenvalue weighted by atomic mass is 14.9. The van der Waals surface area contributed by atoms with Crippen molar-refractivity contribution in [2.45, 2.75) is 5.92 Å². The maximum absolute atomic E-state index is 4.70. The summed E-state index contributed by atoms with van der Waals surface area (Å²) >= 11 is 0. The van der Waals surface area contributed by atoms with Crippen LogP contribution in [-0.2, 0) is 0 Å². The number of allylic oxidation sites excluding steroid dienone is 2. The molecule has 2 unspecified atom stereocenters. The summed E-state index contributed by atoms with van der Waals surface area (Å²) in [7, 11) is 0. The van der Waals surface area contributed by atoms with Crippen LogP contribution in [0.5, 0.6) is 0 Å².